The highest BCUT2D eigenvalue weighted by Gasteiger charge is 2.28. The number of carboxylic acid groups (broad SMARTS) is 1. The first kappa shape index (κ1) is 16.0. The fraction of sp³-hybridized carbons (Fsp3) is 0.0556. The molecule has 0 aliphatic heterocycles. The van der Waals surface area contributed by atoms with Gasteiger partial charge < -0.3 is 10.1 Å². The topological polar surface area (TPSA) is 87.2 Å². The van der Waals surface area contributed by atoms with Crippen LogP contribution in [-0.4, -0.2) is 24.5 Å². The molecule has 3 aromatic rings. The summed E-state index contributed by atoms with van der Waals surface area (Å²) in [6.45, 7) is 1.86. The fourth-order valence-corrected chi connectivity index (χ4v) is 3.95. The van der Waals surface area contributed by atoms with Gasteiger partial charge in [-0.3, -0.25) is 0 Å². The Labute approximate surface area is 139 Å². The molecule has 1 aromatic heterocycles. The maximum Gasteiger partial charge on any atom is 0.337 e. The molecule has 6 heteroatoms. The zero-order valence-electron chi connectivity index (χ0n) is 12.9. The van der Waals surface area contributed by atoms with E-state index in [1.807, 2.05) is 6.92 Å². The normalized spacial score (nSPS) is 11.4. The maximum atomic E-state index is 13.0. The van der Waals surface area contributed by atoms with Crippen molar-refractivity contribution in [1.82, 2.24) is 4.98 Å². The average Bonchev–Trinajstić information content (AvgIpc) is 3.02. The van der Waals surface area contributed by atoms with Crippen molar-refractivity contribution in [3.05, 3.63) is 71.9 Å². The number of sulfone groups is 1. The number of hydrogen-bond donors (Lipinski definition) is 2. The van der Waals surface area contributed by atoms with E-state index in [2.05, 4.69) is 4.98 Å². The van der Waals surface area contributed by atoms with Crippen molar-refractivity contribution in [3.63, 3.8) is 0 Å². The van der Waals surface area contributed by atoms with Gasteiger partial charge in [0.2, 0.25) is 9.84 Å². The molecule has 3 rings (SSSR count). The van der Waals surface area contributed by atoms with Crippen LogP contribution in [0, 0.1) is 6.92 Å². The molecular weight excluding hydrogens is 326 g/mol. The molecule has 0 spiro atoms. The van der Waals surface area contributed by atoms with Crippen molar-refractivity contribution in [2.24, 2.45) is 0 Å². The summed E-state index contributed by atoms with van der Waals surface area (Å²) in [6.07, 6.45) is 1.21. The number of benzene rings is 2. The van der Waals surface area contributed by atoms with Gasteiger partial charge in [0.15, 0.2) is 0 Å². The predicted octanol–water partition coefficient (Wildman–Crippen LogP) is 3.52. The van der Waals surface area contributed by atoms with E-state index in [1.54, 1.807) is 42.5 Å². The van der Waals surface area contributed by atoms with Gasteiger partial charge in [-0.15, -0.1) is 0 Å². The lowest BCUT2D eigenvalue weighted by atomic mass is 10.1. The molecule has 0 fully saturated rings. The van der Waals surface area contributed by atoms with E-state index in [9.17, 15) is 18.3 Å². The number of nitrogens with one attached hydrogen (secondary N) is 1. The molecule has 0 bridgehead atoms. The SMILES string of the molecule is Cc1ccc(S(=O)(=O)c2[nH]cc(C(=O)O)c2-c2ccccc2)cc1. The Hall–Kier alpha value is -2.86. The summed E-state index contributed by atoms with van der Waals surface area (Å²) in [7, 11) is -3.87. The van der Waals surface area contributed by atoms with Crippen molar-refractivity contribution >= 4 is 15.8 Å². The summed E-state index contributed by atoms with van der Waals surface area (Å²) in [4.78, 5) is 14.3. The first-order chi connectivity index (χ1) is 11.4. The lowest BCUT2D eigenvalue weighted by Gasteiger charge is -2.08. The molecule has 122 valence electrons. The third kappa shape index (κ3) is 2.72. The van der Waals surface area contributed by atoms with Crippen LogP contribution >= 0.6 is 0 Å². The molecule has 0 aliphatic rings. The van der Waals surface area contributed by atoms with Gasteiger partial charge in [0.1, 0.15) is 5.03 Å². The summed E-state index contributed by atoms with van der Waals surface area (Å²) in [5, 5.41) is 9.28. The van der Waals surface area contributed by atoms with Crippen molar-refractivity contribution in [2.45, 2.75) is 16.8 Å². The van der Waals surface area contributed by atoms with E-state index in [0.717, 1.165) is 5.56 Å². The van der Waals surface area contributed by atoms with Gasteiger partial charge in [0, 0.05) is 11.8 Å². The van der Waals surface area contributed by atoms with Gasteiger partial charge in [0.25, 0.3) is 0 Å². The van der Waals surface area contributed by atoms with Crippen LogP contribution < -0.4 is 0 Å². The quantitative estimate of drug-likeness (QED) is 0.760. The van der Waals surface area contributed by atoms with Crippen LogP contribution in [0.4, 0.5) is 0 Å². The second kappa shape index (κ2) is 5.98. The van der Waals surface area contributed by atoms with Crippen molar-refractivity contribution in [2.75, 3.05) is 0 Å². The van der Waals surface area contributed by atoms with Crippen LogP contribution in [-0.2, 0) is 9.84 Å². The number of aromatic nitrogens is 1. The summed E-state index contributed by atoms with van der Waals surface area (Å²) in [5.74, 6) is -1.18. The van der Waals surface area contributed by atoms with E-state index in [4.69, 9.17) is 0 Å². The number of rotatable bonds is 4. The first-order valence-corrected chi connectivity index (χ1v) is 8.71. The number of carbonyl (C=O) groups is 1. The van der Waals surface area contributed by atoms with E-state index in [-0.39, 0.29) is 21.0 Å². The minimum absolute atomic E-state index is 0.0770. The Balaban J connectivity index is 2.25. The molecule has 0 atom stereocenters. The monoisotopic (exact) mass is 341 g/mol. The minimum atomic E-state index is -3.87. The molecule has 0 saturated heterocycles. The number of hydrogen-bond acceptors (Lipinski definition) is 3. The Morgan fingerprint density at radius 3 is 2.21 bits per heavy atom. The summed E-state index contributed by atoms with van der Waals surface area (Å²) in [6, 6.07) is 15.1. The minimum Gasteiger partial charge on any atom is -0.478 e. The predicted molar refractivity (Wildman–Crippen MR) is 89.8 cm³/mol. The van der Waals surface area contributed by atoms with Gasteiger partial charge in [-0.2, -0.15) is 0 Å². The highest BCUT2D eigenvalue weighted by molar-refractivity contribution is 7.91. The number of aromatic amines is 1. The molecule has 5 nitrogen and oxygen atoms in total. The smallest absolute Gasteiger partial charge is 0.337 e. The second-order valence-corrected chi connectivity index (χ2v) is 7.28. The third-order valence-electron chi connectivity index (χ3n) is 3.74. The standard InChI is InChI=1S/C18H15NO4S/c1-12-7-9-14(10-8-12)24(22,23)17-16(13-5-3-2-4-6-13)15(11-19-17)18(20)21/h2-11,19H,1H3,(H,20,21). The van der Waals surface area contributed by atoms with Crippen LogP contribution in [0.2, 0.25) is 0 Å². The summed E-state index contributed by atoms with van der Waals surface area (Å²) < 4.78 is 25.9. The maximum absolute atomic E-state index is 13.0. The van der Waals surface area contributed by atoms with E-state index in [1.165, 1.54) is 18.3 Å². The van der Waals surface area contributed by atoms with E-state index < -0.39 is 15.8 Å². The third-order valence-corrected chi connectivity index (χ3v) is 5.49. The first-order valence-electron chi connectivity index (χ1n) is 7.23. The molecule has 0 amide bonds. The molecule has 0 aliphatic carbocycles. The molecule has 2 aromatic carbocycles. The van der Waals surface area contributed by atoms with Gasteiger partial charge in [-0.25, -0.2) is 13.2 Å². The second-order valence-electron chi connectivity index (χ2n) is 5.39. The molecule has 0 saturated carbocycles. The van der Waals surface area contributed by atoms with Crippen LogP contribution in [0.3, 0.4) is 0 Å². The van der Waals surface area contributed by atoms with Crippen LogP contribution in [0.25, 0.3) is 11.1 Å². The molecule has 24 heavy (non-hydrogen) atoms. The molecule has 0 unspecified atom stereocenters. The van der Waals surface area contributed by atoms with Gasteiger partial charge >= 0.3 is 5.97 Å². The summed E-state index contributed by atoms with van der Waals surface area (Å²) >= 11 is 0. The summed E-state index contributed by atoms with van der Waals surface area (Å²) in [5.41, 5.74) is 1.56. The van der Waals surface area contributed by atoms with Gasteiger partial charge in [0.05, 0.1) is 10.5 Å². The zero-order valence-corrected chi connectivity index (χ0v) is 13.7. The Morgan fingerprint density at radius 1 is 1.00 bits per heavy atom. The molecule has 0 radical (unpaired) electrons. The van der Waals surface area contributed by atoms with E-state index >= 15 is 0 Å². The molecular formula is C18H15NO4S. The Bertz CT molecular complexity index is 987. The Morgan fingerprint density at radius 2 is 1.62 bits per heavy atom. The fourth-order valence-electron chi connectivity index (χ4n) is 2.51. The van der Waals surface area contributed by atoms with Crippen LogP contribution in [0.1, 0.15) is 15.9 Å². The highest BCUT2D eigenvalue weighted by Crippen LogP contribution is 2.33. The number of H-pyrrole nitrogens is 1. The molecule has 1 heterocycles. The number of aromatic carboxylic acids is 1. The van der Waals surface area contributed by atoms with Crippen LogP contribution in [0.5, 0.6) is 0 Å². The average molecular weight is 341 g/mol. The number of carboxylic acids is 1. The lowest BCUT2D eigenvalue weighted by Crippen LogP contribution is -2.05. The lowest BCUT2D eigenvalue weighted by molar-refractivity contribution is 0.0698. The Kier molecular flexibility index (Phi) is 3.99. The molecule has 2 N–H and O–H groups in total. The van der Waals surface area contributed by atoms with Crippen molar-refractivity contribution < 1.29 is 18.3 Å². The van der Waals surface area contributed by atoms with Crippen molar-refractivity contribution in [1.29, 1.82) is 0 Å². The van der Waals surface area contributed by atoms with Crippen molar-refractivity contribution in [3.8, 4) is 11.1 Å². The number of aryl methyl sites for hydroxylation is 1. The van der Waals surface area contributed by atoms with Gasteiger partial charge in [-0.05, 0) is 24.6 Å². The highest BCUT2D eigenvalue weighted by atomic mass is 32.2. The van der Waals surface area contributed by atoms with Gasteiger partial charge in [-0.1, -0.05) is 48.0 Å². The zero-order chi connectivity index (χ0) is 17.3. The van der Waals surface area contributed by atoms with Crippen LogP contribution in [0.15, 0.2) is 70.7 Å². The largest absolute Gasteiger partial charge is 0.478 e. The van der Waals surface area contributed by atoms with E-state index in [0.29, 0.717) is 5.56 Å².